The summed E-state index contributed by atoms with van der Waals surface area (Å²) in [6.45, 7) is 13.4. The van der Waals surface area contributed by atoms with Gasteiger partial charge in [0.15, 0.2) is 5.78 Å². The zero-order chi connectivity index (χ0) is 18.8. The SMILES string of the molecule is CC.CC.CC(=N)C1(Nc2cccc(C(C)=O)c2)CCN(C)CC1. The lowest BCUT2D eigenvalue weighted by atomic mass is 9.83. The molecule has 2 rings (SSSR count). The van der Waals surface area contributed by atoms with Gasteiger partial charge in [-0.05, 0) is 45.9 Å². The Morgan fingerprint density at radius 2 is 1.67 bits per heavy atom. The normalized spacial score (nSPS) is 16.0. The molecule has 136 valence electrons. The fourth-order valence-corrected chi connectivity index (χ4v) is 2.69. The molecule has 4 heteroatoms. The van der Waals surface area contributed by atoms with E-state index in [0.717, 1.165) is 31.6 Å². The number of rotatable bonds is 4. The lowest BCUT2D eigenvalue weighted by molar-refractivity contribution is 0.101. The molecule has 0 bridgehead atoms. The number of ketones is 1. The Kier molecular flexibility index (Phi) is 10.2. The smallest absolute Gasteiger partial charge is 0.159 e. The van der Waals surface area contributed by atoms with E-state index in [0.29, 0.717) is 11.3 Å². The number of nitrogens with one attached hydrogen (secondary N) is 2. The van der Waals surface area contributed by atoms with Crippen molar-refractivity contribution in [2.24, 2.45) is 0 Å². The second-order valence-corrected chi connectivity index (χ2v) is 5.77. The highest BCUT2D eigenvalue weighted by Crippen LogP contribution is 2.28. The average molecular weight is 334 g/mol. The van der Waals surface area contributed by atoms with Crippen LogP contribution in [0.15, 0.2) is 24.3 Å². The summed E-state index contributed by atoms with van der Waals surface area (Å²) >= 11 is 0. The molecule has 2 N–H and O–H groups in total. The van der Waals surface area contributed by atoms with E-state index < -0.39 is 0 Å². The van der Waals surface area contributed by atoms with Gasteiger partial charge in [0.1, 0.15) is 0 Å². The zero-order valence-electron chi connectivity index (χ0n) is 16.5. The van der Waals surface area contributed by atoms with Crippen LogP contribution in [-0.4, -0.2) is 42.1 Å². The monoisotopic (exact) mass is 333 g/mol. The molecule has 4 nitrogen and oxygen atoms in total. The minimum absolute atomic E-state index is 0.0673. The summed E-state index contributed by atoms with van der Waals surface area (Å²) in [4.78, 5) is 13.8. The molecule has 0 aromatic heterocycles. The number of anilines is 1. The molecule has 0 spiro atoms. The molecule has 1 aromatic carbocycles. The first kappa shape index (κ1) is 22.3. The minimum atomic E-state index is -0.276. The predicted octanol–water partition coefficient (Wildman–Crippen LogP) is 4.86. The van der Waals surface area contributed by atoms with Crippen LogP contribution in [-0.2, 0) is 0 Å². The van der Waals surface area contributed by atoms with Crippen molar-refractivity contribution < 1.29 is 4.79 Å². The lowest BCUT2D eigenvalue weighted by Gasteiger charge is -2.41. The van der Waals surface area contributed by atoms with Crippen LogP contribution in [0, 0.1) is 5.41 Å². The number of likely N-dealkylation sites (tertiary alicyclic amines) is 1. The molecular weight excluding hydrogens is 298 g/mol. The Morgan fingerprint density at radius 1 is 1.12 bits per heavy atom. The van der Waals surface area contributed by atoms with Gasteiger partial charge in [-0.1, -0.05) is 39.8 Å². The van der Waals surface area contributed by atoms with E-state index in [1.165, 1.54) is 0 Å². The summed E-state index contributed by atoms with van der Waals surface area (Å²) in [5.74, 6) is 0.0673. The van der Waals surface area contributed by atoms with Gasteiger partial charge in [0, 0.05) is 30.1 Å². The summed E-state index contributed by atoms with van der Waals surface area (Å²) < 4.78 is 0. The van der Waals surface area contributed by atoms with Crippen molar-refractivity contribution in [3.05, 3.63) is 29.8 Å². The molecule has 1 heterocycles. The standard InChI is InChI=1S/C16H23N3O.2C2H6/c1-12(20)14-5-4-6-15(11-14)18-16(13(2)17)7-9-19(3)10-8-16;2*1-2/h4-6,11,17-18H,7-10H2,1-3H3;2*1-2H3. The Hall–Kier alpha value is -1.68. The second-order valence-electron chi connectivity index (χ2n) is 5.77. The number of carbonyl (C=O) groups excluding carboxylic acids is 1. The number of nitrogens with zero attached hydrogens (tertiary/aromatic N) is 1. The number of hydrogen-bond acceptors (Lipinski definition) is 4. The topological polar surface area (TPSA) is 56.2 Å². The Balaban J connectivity index is 0.00000123. The van der Waals surface area contributed by atoms with Crippen LogP contribution in [0.25, 0.3) is 0 Å². The third-order valence-corrected chi connectivity index (χ3v) is 4.21. The van der Waals surface area contributed by atoms with E-state index in [4.69, 9.17) is 5.41 Å². The van der Waals surface area contributed by atoms with Crippen LogP contribution in [0.1, 0.15) is 64.7 Å². The van der Waals surface area contributed by atoms with Crippen LogP contribution in [0.2, 0.25) is 0 Å². The quantitative estimate of drug-likeness (QED) is 0.611. The van der Waals surface area contributed by atoms with Crippen molar-refractivity contribution in [3.63, 3.8) is 0 Å². The molecule has 0 aliphatic carbocycles. The highest BCUT2D eigenvalue weighted by atomic mass is 16.1. The molecule has 1 saturated heterocycles. The van der Waals surface area contributed by atoms with Crippen LogP contribution in [0.3, 0.4) is 0 Å². The molecule has 1 aliphatic rings. The highest BCUT2D eigenvalue weighted by molar-refractivity contribution is 5.96. The van der Waals surface area contributed by atoms with E-state index >= 15 is 0 Å². The van der Waals surface area contributed by atoms with E-state index in [9.17, 15) is 4.79 Å². The molecule has 0 saturated carbocycles. The largest absolute Gasteiger partial charge is 0.374 e. The van der Waals surface area contributed by atoms with Gasteiger partial charge in [-0.2, -0.15) is 0 Å². The molecule has 0 radical (unpaired) electrons. The number of piperidine rings is 1. The summed E-state index contributed by atoms with van der Waals surface area (Å²) in [7, 11) is 2.11. The van der Waals surface area contributed by atoms with Gasteiger partial charge in [0.05, 0.1) is 5.54 Å². The molecular formula is C20H35N3O. The number of carbonyl (C=O) groups is 1. The van der Waals surface area contributed by atoms with Gasteiger partial charge < -0.3 is 15.6 Å². The van der Waals surface area contributed by atoms with Gasteiger partial charge in [0.25, 0.3) is 0 Å². The maximum absolute atomic E-state index is 11.5. The minimum Gasteiger partial charge on any atom is -0.374 e. The maximum Gasteiger partial charge on any atom is 0.159 e. The summed E-state index contributed by atoms with van der Waals surface area (Å²) in [5, 5.41) is 11.6. The summed E-state index contributed by atoms with van der Waals surface area (Å²) in [5.41, 5.74) is 2.02. The summed E-state index contributed by atoms with van der Waals surface area (Å²) in [6, 6.07) is 7.56. The second kappa shape index (κ2) is 11.0. The van der Waals surface area contributed by atoms with Gasteiger partial charge in [-0.3, -0.25) is 4.79 Å². The average Bonchev–Trinajstić information content (AvgIpc) is 2.61. The maximum atomic E-state index is 11.5. The Labute approximate surface area is 148 Å². The van der Waals surface area contributed by atoms with Crippen LogP contribution in [0.5, 0.6) is 0 Å². The van der Waals surface area contributed by atoms with E-state index in [-0.39, 0.29) is 11.3 Å². The van der Waals surface area contributed by atoms with Crippen LogP contribution in [0.4, 0.5) is 5.69 Å². The number of benzene rings is 1. The van der Waals surface area contributed by atoms with Crippen molar-refractivity contribution in [3.8, 4) is 0 Å². The van der Waals surface area contributed by atoms with Gasteiger partial charge in [-0.15, -0.1) is 0 Å². The van der Waals surface area contributed by atoms with Crippen molar-refractivity contribution in [2.75, 3.05) is 25.5 Å². The van der Waals surface area contributed by atoms with Gasteiger partial charge in [-0.25, -0.2) is 0 Å². The van der Waals surface area contributed by atoms with Crippen LogP contribution >= 0.6 is 0 Å². The molecule has 24 heavy (non-hydrogen) atoms. The third-order valence-electron chi connectivity index (χ3n) is 4.21. The summed E-state index contributed by atoms with van der Waals surface area (Å²) in [6.07, 6.45) is 1.84. The van der Waals surface area contributed by atoms with E-state index in [1.807, 2.05) is 58.9 Å². The Bertz CT molecular complexity index is 517. The Morgan fingerprint density at radius 3 is 2.12 bits per heavy atom. The number of Topliss-reactive ketones (excluding diaryl/α,β-unsaturated/α-hetero) is 1. The van der Waals surface area contributed by atoms with Crippen molar-refractivity contribution in [1.29, 1.82) is 5.41 Å². The van der Waals surface area contributed by atoms with Gasteiger partial charge in [0.2, 0.25) is 0 Å². The van der Waals surface area contributed by atoms with E-state index in [2.05, 4.69) is 17.3 Å². The molecule has 0 amide bonds. The highest BCUT2D eigenvalue weighted by Gasteiger charge is 2.35. The molecule has 1 aromatic rings. The first-order chi connectivity index (χ1) is 11.4. The van der Waals surface area contributed by atoms with Crippen molar-refractivity contribution in [1.82, 2.24) is 4.90 Å². The first-order valence-corrected chi connectivity index (χ1v) is 9.06. The third kappa shape index (κ3) is 6.08. The molecule has 1 aliphatic heterocycles. The van der Waals surface area contributed by atoms with Gasteiger partial charge >= 0.3 is 0 Å². The zero-order valence-corrected chi connectivity index (χ0v) is 16.5. The molecule has 0 unspecified atom stereocenters. The number of hydrogen-bond donors (Lipinski definition) is 2. The van der Waals surface area contributed by atoms with Crippen molar-refractivity contribution in [2.45, 2.75) is 59.9 Å². The fraction of sp³-hybridized carbons (Fsp3) is 0.600. The molecule has 1 fully saturated rings. The van der Waals surface area contributed by atoms with Crippen molar-refractivity contribution >= 4 is 17.2 Å². The van der Waals surface area contributed by atoms with E-state index in [1.54, 1.807) is 6.92 Å². The molecule has 0 atom stereocenters. The first-order valence-electron chi connectivity index (χ1n) is 9.06. The predicted molar refractivity (Wildman–Crippen MR) is 106 cm³/mol. The van der Waals surface area contributed by atoms with Crippen LogP contribution < -0.4 is 5.32 Å². The lowest BCUT2D eigenvalue weighted by Crippen LogP contribution is -2.52. The fourth-order valence-electron chi connectivity index (χ4n) is 2.69.